The number of hydrogen-bond donors (Lipinski definition) is 2. The van der Waals surface area contributed by atoms with Crippen molar-refractivity contribution in [3.05, 3.63) is 35.9 Å². The summed E-state index contributed by atoms with van der Waals surface area (Å²) in [5.41, 5.74) is 1.21. The van der Waals surface area contributed by atoms with Crippen molar-refractivity contribution in [2.24, 2.45) is 11.8 Å². The van der Waals surface area contributed by atoms with Gasteiger partial charge in [0.15, 0.2) is 0 Å². The van der Waals surface area contributed by atoms with Gasteiger partial charge in [-0.05, 0) is 50.6 Å². The molecular weight excluding hydrogens is 438 g/mol. The Morgan fingerprint density at radius 2 is 1.86 bits per heavy atom. The monoisotopic (exact) mass is 487 g/mol. The number of hydrogen-bond acceptors (Lipinski definition) is 4. The fraction of sp³-hybridized carbons (Fsp3) is 0.759. The highest BCUT2D eigenvalue weighted by molar-refractivity contribution is 5.74. The summed E-state index contributed by atoms with van der Waals surface area (Å²) in [6, 6.07) is 10.8. The van der Waals surface area contributed by atoms with Crippen LogP contribution in [0.1, 0.15) is 82.8 Å². The molecule has 0 aromatic heterocycles. The first-order valence-corrected chi connectivity index (χ1v) is 14.2. The van der Waals surface area contributed by atoms with Crippen LogP contribution in [0.2, 0.25) is 0 Å². The Morgan fingerprint density at radius 3 is 2.60 bits per heavy atom. The van der Waals surface area contributed by atoms with Gasteiger partial charge in [0.2, 0.25) is 0 Å². The number of nitrogens with one attached hydrogen (secondary N) is 2. The van der Waals surface area contributed by atoms with Gasteiger partial charge in [-0.3, -0.25) is 0 Å². The summed E-state index contributed by atoms with van der Waals surface area (Å²) in [6.07, 6.45) is 11.8. The number of carbonyl (C=O) groups is 1. The van der Waals surface area contributed by atoms with E-state index in [9.17, 15) is 4.79 Å². The van der Waals surface area contributed by atoms with Crippen LogP contribution in [0.5, 0.6) is 0 Å². The molecule has 1 aromatic rings. The van der Waals surface area contributed by atoms with Gasteiger partial charge < -0.3 is 25.0 Å². The standard InChI is InChI=1S/C29H49N3O3/c1-3-18-34-19-11-20-35-28(25-14-8-5-9-15-25)26-16-10-17-32(23-26)29(33)31-27(22-30-2)21-24-12-6-4-7-13-24/h5,8-9,14-15,24,26-28,30H,3-4,6-7,10-13,16-23H2,1-2H3,(H,31,33)/t26-,27+,28+/m1/s1. The van der Waals surface area contributed by atoms with Gasteiger partial charge in [0.25, 0.3) is 0 Å². The zero-order valence-corrected chi connectivity index (χ0v) is 22.2. The molecule has 3 atom stereocenters. The van der Waals surface area contributed by atoms with E-state index in [2.05, 4.69) is 41.8 Å². The Balaban J connectivity index is 1.56. The van der Waals surface area contributed by atoms with E-state index >= 15 is 0 Å². The van der Waals surface area contributed by atoms with Crippen LogP contribution >= 0.6 is 0 Å². The molecule has 198 valence electrons. The van der Waals surface area contributed by atoms with Crippen molar-refractivity contribution in [2.75, 3.05) is 46.5 Å². The molecule has 1 aliphatic heterocycles. The molecule has 0 bridgehead atoms. The van der Waals surface area contributed by atoms with Gasteiger partial charge in [0.1, 0.15) is 0 Å². The molecule has 0 spiro atoms. The number of piperidine rings is 1. The molecule has 3 rings (SSSR count). The number of amides is 2. The lowest BCUT2D eigenvalue weighted by Crippen LogP contribution is -2.52. The summed E-state index contributed by atoms with van der Waals surface area (Å²) in [5.74, 6) is 1.04. The first kappa shape index (κ1) is 27.9. The van der Waals surface area contributed by atoms with E-state index in [1.54, 1.807) is 0 Å². The van der Waals surface area contributed by atoms with Crippen molar-refractivity contribution in [3.8, 4) is 0 Å². The van der Waals surface area contributed by atoms with E-state index < -0.39 is 0 Å². The summed E-state index contributed by atoms with van der Waals surface area (Å²) in [5, 5.41) is 6.67. The smallest absolute Gasteiger partial charge is 0.317 e. The van der Waals surface area contributed by atoms with Crippen molar-refractivity contribution in [1.82, 2.24) is 15.5 Å². The molecule has 2 aliphatic rings. The van der Waals surface area contributed by atoms with Crippen LogP contribution in [0.3, 0.4) is 0 Å². The fourth-order valence-electron chi connectivity index (χ4n) is 5.74. The van der Waals surface area contributed by atoms with E-state index in [-0.39, 0.29) is 18.2 Å². The second-order valence-corrected chi connectivity index (χ2v) is 10.5. The Bertz CT molecular complexity index is 696. The average molecular weight is 488 g/mol. The summed E-state index contributed by atoms with van der Waals surface area (Å²) in [7, 11) is 1.98. The molecule has 1 aliphatic carbocycles. The van der Waals surface area contributed by atoms with Gasteiger partial charge in [-0.2, -0.15) is 0 Å². The number of likely N-dealkylation sites (N-methyl/N-ethyl adjacent to an activating group) is 1. The number of nitrogens with zero attached hydrogens (tertiary/aromatic N) is 1. The highest BCUT2D eigenvalue weighted by Gasteiger charge is 2.32. The SMILES string of the molecule is CCCOCCCO[C@@H](c1ccccc1)[C@@H]1CCCN(C(=O)N[C@H](CNC)CC2CCCCC2)C1. The lowest BCUT2D eigenvalue weighted by Gasteiger charge is -2.38. The molecule has 6 nitrogen and oxygen atoms in total. The Kier molecular flexibility index (Phi) is 12.9. The predicted molar refractivity (Wildman–Crippen MR) is 143 cm³/mol. The first-order chi connectivity index (χ1) is 17.2. The van der Waals surface area contributed by atoms with E-state index in [1.165, 1.54) is 37.7 Å². The summed E-state index contributed by atoms with van der Waals surface area (Å²) < 4.78 is 12.1. The largest absolute Gasteiger partial charge is 0.381 e. The van der Waals surface area contributed by atoms with Gasteiger partial charge in [0, 0.05) is 51.4 Å². The second-order valence-electron chi connectivity index (χ2n) is 10.5. The molecule has 1 aromatic carbocycles. The quantitative estimate of drug-likeness (QED) is 0.338. The van der Waals surface area contributed by atoms with Crippen LogP contribution in [-0.2, 0) is 9.47 Å². The minimum atomic E-state index is 0.00770. The van der Waals surface area contributed by atoms with E-state index in [0.717, 1.165) is 70.9 Å². The zero-order valence-electron chi connectivity index (χ0n) is 22.2. The van der Waals surface area contributed by atoms with E-state index in [1.807, 2.05) is 18.0 Å². The maximum atomic E-state index is 13.3. The van der Waals surface area contributed by atoms with Crippen LogP contribution in [-0.4, -0.2) is 63.5 Å². The number of carbonyl (C=O) groups excluding carboxylic acids is 1. The zero-order chi connectivity index (χ0) is 24.7. The minimum Gasteiger partial charge on any atom is -0.381 e. The molecule has 35 heavy (non-hydrogen) atoms. The molecule has 1 saturated carbocycles. The molecule has 1 saturated heterocycles. The summed E-state index contributed by atoms with van der Waals surface area (Å²) in [6.45, 7) is 6.75. The number of urea groups is 1. The predicted octanol–water partition coefficient (Wildman–Crippen LogP) is 5.54. The Hall–Kier alpha value is -1.63. The molecule has 1 heterocycles. The second kappa shape index (κ2) is 16.2. The third kappa shape index (κ3) is 9.74. The maximum Gasteiger partial charge on any atom is 0.317 e. The van der Waals surface area contributed by atoms with Crippen LogP contribution in [0.15, 0.2) is 30.3 Å². The van der Waals surface area contributed by atoms with Crippen molar-refractivity contribution >= 4 is 6.03 Å². The van der Waals surface area contributed by atoms with Crippen molar-refractivity contribution < 1.29 is 14.3 Å². The third-order valence-corrected chi connectivity index (χ3v) is 7.50. The normalized spacial score (nSPS) is 21.0. The van der Waals surface area contributed by atoms with Crippen LogP contribution < -0.4 is 10.6 Å². The first-order valence-electron chi connectivity index (χ1n) is 14.2. The topological polar surface area (TPSA) is 62.8 Å². The van der Waals surface area contributed by atoms with E-state index in [0.29, 0.717) is 12.5 Å². The van der Waals surface area contributed by atoms with Gasteiger partial charge >= 0.3 is 6.03 Å². The molecule has 0 radical (unpaired) electrons. The number of benzene rings is 1. The van der Waals surface area contributed by atoms with Gasteiger partial charge in [-0.25, -0.2) is 4.79 Å². The molecular formula is C29H49N3O3. The maximum absolute atomic E-state index is 13.3. The van der Waals surface area contributed by atoms with Crippen molar-refractivity contribution in [3.63, 3.8) is 0 Å². The molecule has 6 heteroatoms. The van der Waals surface area contributed by atoms with Crippen molar-refractivity contribution in [2.45, 2.75) is 83.3 Å². The highest BCUT2D eigenvalue weighted by Crippen LogP contribution is 2.33. The number of rotatable bonds is 14. The molecule has 2 fully saturated rings. The Morgan fingerprint density at radius 1 is 1.06 bits per heavy atom. The van der Waals surface area contributed by atoms with Crippen LogP contribution in [0, 0.1) is 11.8 Å². The van der Waals surface area contributed by atoms with Crippen LogP contribution in [0.25, 0.3) is 0 Å². The highest BCUT2D eigenvalue weighted by atomic mass is 16.5. The molecule has 2 amide bonds. The third-order valence-electron chi connectivity index (χ3n) is 7.50. The number of ether oxygens (including phenoxy) is 2. The summed E-state index contributed by atoms with van der Waals surface area (Å²) >= 11 is 0. The lowest BCUT2D eigenvalue weighted by molar-refractivity contribution is -0.0189. The molecule has 0 unspecified atom stereocenters. The molecule has 2 N–H and O–H groups in total. The van der Waals surface area contributed by atoms with Crippen molar-refractivity contribution in [1.29, 1.82) is 0 Å². The number of likely N-dealkylation sites (tertiary alicyclic amines) is 1. The lowest BCUT2D eigenvalue weighted by atomic mass is 9.85. The van der Waals surface area contributed by atoms with Gasteiger partial charge in [-0.15, -0.1) is 0 Å². The van der Waals surface area contributed by atoms with Crippen LogP contribution in [0.4, 0.5) is 4.79 Å². The minimum absolute atomic E-state index is 0.00770. The van der Waals surface area contributed by atoms with Gasteiger partial charge in [0.05, 0.1) is 6.10 Å². The fourth-order valence-corrected chi connectivity index (χ4v) is 5.74. The summed E-state index contributed by atoms with van der Waals surface area (Å²) in [4.78, 5) is 15.3. The Labute approximate surface area is 213 Å². The average Bonchev–Trinajstić information content (AvgIpc) is 2.89. The van der Waals surface area contributed by atoms with E-state index in [4.69, 9.17) is 9.47 Å². The van der Waals surface area contributed by atoms with Gasteiger partial charge in [-0.1, -0.05) is 69.4 Å².